The topological polar surface area (TPSA) is 38.3 Å². The van der Waals surface area contributed by atoms with Crippen molar-refractivity contribution in [1.82, 2.24) is 5.32 Å². The number of fused-ring (bicyclic) bond motifs is 3. The fourth-order valence-corrected chi connectivity index (χ4v) is 5.35. The summed E-state index contributed by atoms with van der Waals surface area (Å²) in [7, 11) is 0. The van der Waals surface area contributed by atoms with Gasteiger partial charge in [0.05, 0.1) is 6.04 Å². The van der Waals surface area contributed by atoms with Gasteiger partial charge in [-0.2, -0.15) is 0 Å². The van der Waals surface area contributed by atoms with E-state index in [4.69, 9.17) is 4.74 Å². The van der Waals surface area contributed by atoms with Crippen molar-refractivity contribution in [3.05, 3.63) is 77.9 Å². The summed E-state index contributed by atoms with van der Waals surface area (Å²) in [5.41, 5.74) is 2.53. The van der Waals surface area contributed by atoms with Gasteiger partial charge in [0.2, 0.25) is 0 Å². The molecule has 0 unspecified atom stereocenters. The Morgan fingerprint density at radius 1 is 1.00 bits per heavy atom. The van der Waals surface area contributed by atoms with Gasteiger partial charge in [0.25, 0.3) is 5.91 Å². The quantitative estimate of drug-likeness (QED) is 0.630. The van der Waals surface area contributed by atoms with Crippen molar-refractivity contribution in [2.75, 3.05) is 0 Å². The van der Waals surface area contributed by atoms with Crippen LogP contribution in [0.2, 0.25) is 0 Å². The third-order valence-corrected chi connectivity index (χ3v) is 6.81. The molecule has 1 saturated carbocycles. The maximum absolute atomic E-state index is 13.2. The number of hydrogen-bond donors (Lipinski definition) is 1. The Labute approximate surface area is 172 Å². The molecule has 0 radical (unpaired) electrons. The molecule has 29 heavy (non-hydrogen) atoms. The highest BCUT2D eigenvalue weighted by Crippen LogP contribution is 2.51. The summed E-state index contributed by atoms with van der Waals surface area (Å²) >= 11 is 0. The van der Waals surface area contributed by atoms with Gasteiger partial charge < -0.3 is 10.1 Å². The normalized spacial score (nSPS) is 20.8. The lowest BCUT2D eigenvalue weighted by atomic mass is 9.72. The van der Waals surface area contributed by atoms with Gasteiger partial charge in [-0.1, -0.05) is 73.5 Å². The maximum Gasteiger partial charge on any atom is 0.261 e. The van der Waals surface area contributed by atoms with Crippen molar-refractivity contribution in [3.63, 3.8) is 0 Å². The second-order valence-corrected chi connectivity index (χ2v) is 8.59. The lowest BCUT2D eigenvalue weighted by Crippen LogP contribution is -2.46. The minimum absolute atomic E-state index is 0.00814. The van der Waals surface area contributed by atoms with Crippen LogP contribution in [0.1, 0.15) is 56.2 Å². The number of nitrogens with one attached hydrogen (secondary N) is 1. The van der Waals surface area contributed by atoms with Crippen LogP contribution in [0, 0.1) is 0 Å². The van der Waals surface area contributed by atoms with E-state index >= 15 is 0 Å². The van der Waals surface area contributed by atoms with Gasteiger partial charge in [0.15, 0.2) is 6.10 Å². The zero-order valence-corrected chi connectivity index (χ0v) is 16.9. The van der Waals surface area contributed by atoms with E-state index in [1.807, 2.05) is 24.3 Å². The van der Waals surface area contributed by atoms with E-state index in [1.54, 1.807) is 0 Å². The Morgan fingerprint density at radius 2 is 1.72 bits per heavy atom. The highest BCUT2D eigenvalue weighted by atomic mass is 16.5. The molecule has 2 atom stereocenters. The Balaban J connectivity index is 1.40. The minimum Gasteiger partial charge on any atom is -0.480 e. The maximum atomic E-state index is 13.2. The molecule has 148 valence electrons. The molecule has 2 aliphatic rings. The van der Waals surface area contributed by atoms with Crippen LogP contribution in [-0.2, 0) is 10.2 Å². The van der Waals surface area contributed by atoms with Crippen LogP contribution in [0.5, 0.6) is 5.75 Å². The van der Waals surface area contributed by atoms with Crippen LogP contribution in [0.4, 0.5) is 0 Å². The fraction of sp³-hybridized carbons (Fsp3) is 0.346. The highest BCUT2D eigenvalue weighted by Gasteiger charge is 2.45. The Kier molecular flexibility index (Phi) is 4.54. The van der Waals surface area contributed by atoms with E-state index in [0.717, 1.165) is 30.6 Å². The summed E-state index contributed by atoms with van der Waals surface area (Å²) in [5.74, 6) is 0.879. The number of hydrogen-bond acceptors (Lipinski definition) is 2. The molecule has 1 amide bonds. The summed E-state index contributed by atoms with van der Waals surface area (Å²) in [5, 5.41) is 5.61. The van der Waals surface area contributed by atoms with Crippen LogP contribution >= 0.6 is 0 Å². The predicted octanol–water partition coefficient (Wildman–Crippen LogP) is 5.68. The highest BCUT2D eigenvalue weighted by molar-refractivity contribution is 5.87. The van der Waals surface area contributed by atoms with E-state index in [2.05, 4.69) is 54.7 Å². The molecule has 5 rings (SSSR count). The Hall–Kier alpha value is -2.81. The van der Waals surface area contributed by atoms with Gasteiger partial charge >= 0.3 is 0 Å². The van der Waals surface area contributed by atoms with Crippen molar-refractivity contribution >= 4 is 16.7 Å². The second kappa shape index (κ2) is 7.22. The van der Waals surface area contributed by atoms with Crippen molar-refractivity contribution in [1.29, 1.82) is 0 Å². The van der Waals surface area contributed by atoms with Gasteiger partial charge in [-0.15, -0.1) is 0 Å². The van der Waals surface area contributed by atoms with Crippen LogP contribution in [0.3, 0.4) is 0 Å². The molecule has 0 bridgehead atoms. The fourth-order valence-electron chi connectivity index (χ4n) is 5.35. The summed E-state index contributed by atoms with van der Waals surface area (Å²) in [4.78, 5) is 13.2. The van der Waals surface area contributed by atoms with Crippen LogP contribution in [0.25, 0.3) is 10.8 Å². The summed E-state index contributed by atoms with van der Waals surface area (Å²) in [6, 6.07) is 22.8. The molecule has 3 nitrogen and oxygen atoms in total. The van der Waals surface area contributed by atoms with E-state index in [0.29, 0.717) is 0 Å². The molecule has 0 saturated heterocycles. The van der Waals surface area contributed by atoms with E-state index < -0.39 is 6.10 Å². The number of carbonyl (C=O) groups excluding carboxylic acids is 1. The molecule has 1 heterocycles. The molecule has 0 aromatic heterocycles. The standard InChI is InChI=1S/C26H27NO2/c1-18(20-12-8-10-19-9-2-3-11-21(19)20)27-25(28)24-17-26(15-6-7-16-26)22-13-4-5-14-23(22)29-24/h2-5,8-14,18,24H,6-7,15-17H2,1H3,(H,27,28)/t18-,24-/m1/s1. The van der Waals surface area contributed by atoms with Gasteiger partial charge in [-0.05, 0) is 42.2 Å². The molecule has 3 heteroatoms. The van der Waals surface area contributed by atoms with Gasteiger partial charge in [-0.25, -0.2) is 0 Å². The zero-order chi connectivity index (χ0) is 19.8. The predicted molar refractivity (Wildman–Crippen MR) is 116 cm³/mol. The van der Waals surface area contributed by atoms with E-state index in [9.17, 15) is 4.79 Å². The first-order valence-corrected chi connectivity index (χ1v) is 10.7. The van der Waals surface area contributed by atoms with Gasteiger partial charge in [0, 0.05) is 17.4 Å². The van der Waals surface area contributed by atoms with Gasteiger partial charge in [-0.3, -0.25) is 4.79 Å². The van der Waals surface area contributed by atoms with Crippen LogP contribution in [0.15, 0.2) is 66.7 Å². The molecule has 1 aliphatic carbocycles. The third-order valence-electron chi connectivity index (χ3n) is 6.81. The second-order valence-electron chi connectivity index (χ2n) is 8.59. The summed E-state index contributed by atoms with van der Waals surface area (Å²) in [6.07, 6.45) is 5.11. The molecular weight excluding hydrogens is 358 g/mol. The summed E-state index contributed by atoms with van der Waals surface area (Å²) < 4.78 is 6.19. The first-order chi connectivity index (χ1) is 14.2. The van der Waals surface area contributed by atoms with Crippen molar-refractivity contribution < 1.29 is 9.53 Å². The number of benzene rings is 3. The average molecular weight is 386 g/mol. The number of amides is 1. The Bertz CT molecular complexity index is 1050. The first kappa shape index (κ1) is 18.2. The van der Waals surface area contributed by atoms with Gasteiger partial charge in [0.1, 0.15) is 5.75 Å². The van der Waals surface area contributed by atoms with E-state index in [1.165, 1.54) is 29.2 Å². The average Bonchev–Trinajstić information content (AvgIpc) is 3.22. The molecule has 1 aliphatic heterocycles. The molecule has 3 aromatic rings. The lowest BCUT2D eigenvalue weighted by Gasteiger charge is -2.39. The SMILES string of the molecule is C[C@@H](NC(=O)[C@H]1CC2(CCCC2)c2ccccc2O1)c1cccc2ccccc12. The first-order valence-electron chi connectivity index (χ1n) is 10.7. The minimum atomic E-state index is -0.430. The molecular formula is C26H27NO2. The van der Waals surface area contributed by atoms with E-state index in [-0.39, 0.29) is 17.4 Å². The third kappa shape index (κ3) is 3.19. The lowest BCUT2D eigenvalue weighted by molar-refractivity contribution is -0.130. The largest absolute Gasteiger partial charge is 0.480 e. The Morgan fingerprint density at radius 3 is 2.59 bits per heavy atom. The smallest absolute Gasteiger partial charge is 0.261 e. The molecule has 1 fully saturated rings. The molecule has 1 N–H and O–H groups in total. The monoisotopic (exact) mass is 385 g/mol. The number of carbonyl (C=O) groups is 1. The number of ether oxygens (including phenoxy) is 1. The van der Waals surface area contributed by atoms with Crippen molar-refractivity contribution in [3.8, 4) is 5.75 Å². The molecule has 3 aromatic carbocycles. The zero-order valence-electron chi connectivity index (χ0n) is 16.9. The summed E-state index contributed by atoms with van der Waals surface area (Å²) in [6.45, 7) is 2.06. The van der Waals surface area contributed by atoms with Crippen molar-refractivity contribution in [2.24, 2.45) is 0 Å². The van der Waals surface area contributed by atoms with Crippen LogP contribution < -0.4 is 10.1 Å². The number of rotatable bonds is 3. The number of para-hydroxylation sites is 1. The van der Waals surface area contributed by atoms with Crippen molar-refractivity contribution in [2.45, 2.75) is 56.6 Å². The molecule has 1 spiro atoms. The van der Waals surface area contributed by atoms with Crippen LogP contribution in [-0.4, -0.2) is 12.0 Å².